The zero-order valence-corrected chi connectivity index (χ0v) is 8.63. The molecule has 0 aromatic heterocycles. The highest BCUT2D eigenvalue weighted by atomic mass is 16.1. The summed E-state index contributed by atoms with van der Waals surface area (Å²) in [5, 5.41) is 0. The molecule has 1 heterocycles. The van der Waals surface area contributed by atoms with Crippen LogP contribution in [0.1, 0.15) is 33.6 Å². The number of allylic oxidation sites excluding steroid dienone is 2. The largest absolute Gasteiger partial charge is 0.368 e. The lowest BCUT2D eigenvalue weighted by Gasteiger charge is -2.29. The van der Waals surface area contributed by atoms with Crippen LogP contribution in [0.15, 0.2) is 11.8 Å². The van der Waals surface area contributed by atoms with Crippen LogP contribution >= 0.6 is 0 Å². The van der Waals surface area contributed by atoms with Crippen LogP contribution in [0.3, 0.4) is 0 Å². The van der Waals surface area contributed by atoms with Crippen molar-refractivity contribution >= 4 is 5.78 Å². The van der Waals surface area contributed by atoms with Crippen molar-refractivity contribution in [1.82, 2.24) is 4.90 Å². The zero-order chi connectivity index (χ0) is 9.64. The van der Waals surface area contributed by atoms with Gasteiger partial charge in [-0.15, -0.1) is 0 Å². The Morgan fingerprint density at radius 2 is 2.08 bits per heavy atom. The first-order valence-corrected chi connectivity index (χ1v) is 4.98. The van der Waals surface area contributed by atoms with Gasteiger partial charge in [-0.2, -0.15) is 0 Å². The normalized spacial score (nSPS) is 31.6. The standard InChI is InChI=1S/C11H17NO/c1-8-7-12(8)9-4-10(13)6-11(2,3)5-9/h4,8H,5-7H2,1-3H3. The van der Waals surface area contributed by atoms with Gasteiger partial charge in [0.2, 0.25) is 0 Å². The molecule has 2 aliphatic rings. The Morgan fingerprint density at radius 3 is 2.54 bits per heavy atom. The molecule has 0 bridgehead atoms. The lowest BCUT2D eigenvalue weighted by molar-refractivity contribution is -0.117. The number of carbonyl (C=O) groups excluding carboxylic acids is 1. The second-order valence-electron chi connectivity index (χ2n) is 5.12. The maximum Gasteiger partial charge on any atom is 0.157 e. The highest BCUT2D eigenvalue weighted by molar-refractivity contribution is 5.91. The third-order valence-electron chi connectivity index (χ3n) is 2.87. The Morgan fingerprint density at radius 1 is 1.46 bits per heavy atom. The van der Waals surface area contributed by atoms with Crippen molar-refractivity contribution in [2.24, 2.45) is 5.41 Å². The van der Waals surface area contributed by atoms with Crippen LogP contribution in [0, 0.1) is 5.41 Å². The molecule has 1 saturated heterocycles. The fourth-order valence-electron chi connectivity index (χ4n) is 2.13. The summed E-state index contributed by atoms with van der Waals surface area (Å²) >= 11 is 0. The number of ketones is 1. The Labute approximate surface area is 79.6 Å². The molecule has 2 rings (SSSR count). The Bertz CT molecular complexity index is 278. The minimum Gasteiger partial charge on any atom is -0.368 e. The second-order valence-corrected chi connectivity index (χ2v) is 5.12. The second kappa shape index (κ2) is 2.60. The average Bonchev–Trinajstić information content (AvgIpc) is 2.62. The molecule has 0 aromatic carbocycles. The maximum absolute atomic E-state index is 11.4. The SMILES string of the molecule is CC1CN1C1=CC(=O)CC(C)(C)C1. The van der Waals surface area contributed by atoms with Crippen molar-refractivity contribution in [3.63, 3.8) is 0 Å². The molecule has 1 aliphatic heterocycles. The molecule has 0 saturated carbocycles. The molecule has 0 N–H and O–H groups in total. The van der Waals surface area contributed by atoms with Crippen LogP contribution in [-0.2, 0) is 4.79 Å². The van der Waals surface area contributed by atoms with E-state index >= 15 is 0 Å². The minimum atomic E-state index is 0.170. The maximum atomic E-state index is 11.4. The summed E-state index contributed by atoms with van der Waals surface area (Å²) in [6.45, 7) is 7.68. The number of rotatable bonds is 1. The molecule has 2 heteroatoms. The first-order valence-electron chi connectivity index (χ1n) is 4.98. The van der Waals surface area contributed by atoms with E-state index in [9.17, 15) is 4.79 Å². The molecule has 13 heavy (non-hydrogen) atoms. The van der Waals surface area contributed by atoms with Crippen molar-refractivity contribution in [3.8, 4) is 0 Å². The van der Waals surface area contributed by atoms with E-state index in [4.69, 9.17) is 0 Å². The van der Waals surface area contributed by atoms with Crippen LogP contribution in [0.2, 0.25) is 0 Å². The van der Waals surface area contributed by atoms with Crippen molar-refractivity contribution in [3.05, 3.63) is 11.8 Å². The van der Waals surface area contributed by atoms with Gasteiger partial charge in [0, 0.05) is 30.8 Å². The molecule has 0 amide bonds. The van der Waals surface area contributed by atoms with Crippen LogP contribution in [-0.4, -0.2) is 23.3 Å². The zero-order valence-electron chi connectivity index (χ0n) is 8.63. The molecular weight excluding hydrogens is 162 g/mol. The molecule has 1 unspecified atom stereocenters. The molecule has 0 spiro atoms. The summed E-state index contributed by atoms with van der Waals surface area (Å²) in [5.41, 5.74) is 1.43. The predicted molar refractivity (Wildman–Crippen MR) is 52.3 cm³/mol. The summed E-state index contributed by atoms with van der Waals surface area (Å²) in [4.78, 5) is 13.7. The molecule has 1 aliphatic carbocycles. The third kappa shape index (κ3) is 1.77. The molecule has 1 atom stereocenters. The number of nitrogens with zero attached hydrogens (tertiary/aromatic N) is 1. The van der Waals surface area contributed by atoms with Crippen LogP contribution in [0.5, 0.6) is 0 Å². The van der Waals surface area contributed by atoms with Gasteiger partial charge in [-0.3, -0.25) is 4.79 Å². The van der Waals surface area contributed by atoms with E-state index in [-0.39, 0.29) is 5.41 Å². The Hall–Kier alpha value is -0.790. The van der Waals surface area contributed by atoms with E-state index in [2.05, 4.69) is 25.7 Å². The van der Waals surface area contributed by atoms with Crippen molar-refractivity contribution in [2.45, 2.75) is 39.7 Å². The van der Waals surface area contributed by atoms with E-state index in [1.165, 1.54) is 5.70 Å². The predicted octanol–water partition coefficient (Wildman–Crippen LogP) is 1.96. The summed E-state index contributed by atoms with van der Waals surface area (Å²) in [5.74, 6) is 0.297. The van der Waals surface area contributed by atoms with Gasteiger partial charge in [-0.1, -0.05) is 13.8 Å². The highest BCUT2D eigenvalue weighted by Crippen LogP contribution is 2.38. The number of hydrogen-bond acceptors (Lipinski definition) is 2. The van der Waals surface area contributed by atoms with Crippen LogP contribution in [0.25, 0.3) is 0 Å². The molecule has 0 aromatic rings. The van der Waals surface area contributed by atoms with Gasteiger partial charge in [-0.25, -0.2) is 0 Å². The summed E-state index contributed by atoms with van der Waals surface area (Å²) < 4.78 is 0. The molecule has 1 fully saturated rings. The Kier molecular flexibility index (Phi) is 1.76. The summed E-state index contributed by atoms with van der Waals surface area (Å²) in [7, 11) is 0. The number of carbonyl (C=O) groups is 1. The molecule has 0 radical (unpaired) electrons. The van der Waals surface area contributed by atoms with Gasteiger partial charge in [0.1, 0.15) is 0 Å². The van der Waals surface area contributed by atoms with Gasteiger partial charge >= 0.3 is 0 Å². The fourth-order valence-corrected chi connectivity index (χ4v) is 2.13. The van der Waals surface area contributed by atoms with Gasteiger partial charge < -0.3 is 4.90 Å². The smallest absolute Gasteiger partial charge is 0.157 e. The number of hydrogen-bond donors (Lipinski definition) is 0. The lowest BCUT2D eigenvalue weighted by atomic mass is 9.79. The topological polar surface area (TPSA) is 20.1 Å². The summed E-state index contributed by atoms with van der Waals surface area (Å²) in [6.07, 6.45) is 3.61. The molecular formula is C11H17NO. The van der Waals surface area contributed by atoms with Crippen molar-refractivity contribution in [2.75, 3.05) is 6.54 Å². The minimum absolute atomic E-state index is 0.170. The van der Waals surface area contributed by atoms with Gasteiger partial charge in [0.25, 0.3) is 0 Å². The van der Waals surface area contributed by atoms with Crippen molar-refractivity contribution in [1.29, 1.82) is 0 Å². The highest BCUT2D eigenvalue weighted by Gasteiger charge is 2.37. The van der Waals surface area contributed by atoms with Gasteiger partial charge in [0.15, 0.2) is 5.78 Å². The van der Waals surface area contributed by atoms with Gasteiger partial charge in [-0.05, 0) is 18.8 Å². The molecule has 2 nitrogen and oxygen atoms in total. The first-order chi connectivity index (χ1) is 5.98. The van der Waals surface area contributed by atoms with Crippen molar-refractivity contribution < 1.29 is 4.79 Å². The van der Waals surface area contributed by atoms with E-state index in [0.29, 0.717) is 18.2 Å². The fraction of sp³-hybridized carbons (Fsp3) is 0.727. The average molecular weight is 179 g/mol. The van der Waals surface area contributed by atoms with Crippen LogP contribution < -0.4 is 0 Å². The first kappa shape index (κ1) is 8.79. The monoisotopic (exact) mass is 179 g/mol. The van der Waals surface area contributed by atoms with E-state index in [1.54, 1.807) is 0 Å². The summed E-state index contributed by atoms with van der Waals surface area (Å²) in [6, 6.07) is 0.660. The molecule has 72 valence electrons. The van der Waals surface area contributed by atoms with E-state index in [0.717, 1.165) is 13.0 Å². The van der Waals surface area contributed by atoms with Gasteiger partial charge in [0.05, 0.1) is 0 Å². The third-order valence-corrected chi connectivity index (χ3v) is 2.87. The van der Waals surface area contributed by atoms with E-state index in [1.807, 2.05) is 6.08 Å². The quantitative estimate of drug-likeness (QED) is 0.573. The lowest BCUT2D eigenvalue weighted by Crippen LogP contribution is -2.24. The van der Waals surface area contributed by atoms with Crippen LogP contribution in [0.4, 0.5) is 0 Å². The van der Waals surface area contributed by atoms with E-state index < -0.39 is 0 Å². The Balaban J connectivity index is 2.15.